The van der Waals surface area contributed by atoms with Crippen LogP contribution in [0.3, 0.4) is 0 Å². The van der Waals surface area contributed by atoms with Crippen LogP contribution in [0.15, 0.2) is 36.4 Å². The van der Waals surface area contributed by atoms with E-state index in [-0.39, 0.29) is 16.3 Å². The van der Waals surface area contributed by atoms with E-state index in [1.165, 1.54) is 30.3 Å². The number of hydrogen-bond acceptors (Lipinski definition) is 5. The summed E-state index contributed by atoms with van der Waals surface area (Å²) >= 11 is 11.8. The van der Waals surface area contributed by atoms with Gasteiger partial charge in [-0.05, 0) is 36.4 Å². The second-order valence-corrected chi connectivity index (χ2v) is 6.30. The SMILES string of the molecule is Cn1nnc2cc(C(=O)[C@@H](C#N)C(=O)Nc3ccc(Cl)cc3Cl)ccc21. The van der Waals surface area contributed by atoms with E-state index in [2.05, 4.69) is 15.6 Å². The third-order valence-corrected chi connectivity index (χ3v) is 4.29. The Morgan fingerprint density at radius 1 is 1.23 bits per heavy atom. The zero-order chi connectivity index (χ0) is 18.8. The van der Waals surface area contributed by atoms with Crippen LogP contribution in [0.2, 0.25) is 10.0 Å². The van der Waals surface area contributed by atoms with Gasteiger partial charge in [0.25, 0.3) is 0 Å². The molecular formula is C17H11Cl2N5O2. The van der Waals surface area contributed by atoms with Crippen molar-refractivity contribution in [2.24, 2.45) is 13.0 Å². The predicted molar refractivity (Wildman–Crippen MR) is 97.0 cm³/mol. The maximum absolute atomic E-state index is 12.6. The molecule has 3 rings (SSSR count). The van der Waals surface area contributed by atoms with Crippen molar-refractivity contribution in [3.05, 3.63) is 52.0 Å². The number of benzene rings is 2. The first-order chi connectivity index (χ1) is 12.4. The van der Waals surface area contributed by atoms with Gasteiger partial charge in [0.2, 0.25) is 5.91 Å². The van der Waals surface area contributed by atoms with Crippen molar-refractivity contribution >= 4 is 51.6 Å². The van der Waals surface area contributed by atoms with Gasteiger partial charge in [0.1, 0.15) is 5.52 Å². The third kappa shape index (κ3) is 3.38. The molecule has 0 bridgehead atoms. The molecule has 1 aromatic heterocycles. The van der Waals surface area contributed by atoms with Crippen molar-refractivity contribution in [2.75, 3.05) is 5.32 Å². The van der Waals surface area contributed by atoms with Gasteiger partial charge in [0.15, 0.2) is 11.7 Å². The summed E-state index contributed by atoms with van der Waals surface area (Å²) < 4.78 is 1.56. The maximum Gasteiger partial charge on any atom is 0.249 e. The number of nitrogens with one attached hydrogen (secondary N) is 1. The number of ketones is 1. The Bertz CT molecular complexity index is 1070. The number of nitrogens with zero attached hydrogens (tertiary/aromatic N) is 4. The van der Waals surface area contributed by atoms with Gasteiger partial charge in [0, 0.05) is 17.6 Å². The van der Waals surface area contributed by atoms with Crippen LogP contribution in [-0.2, 0) is 11.8 Å². The van der Waals surface area contributed by atoms with Gasteiger partial charge in [-0.2, -0.15) is 5.26 Å². The van der Waals surface area contributed by atoms with E-state index in [1.807, 2.05) is 0 Å². The predicted octanol–water partition coefficient (Wildman–Crippen LogP) is 3.24. The number of hydrogen-bond donors (Lipinski definition) is 1. The van der Waals surface area contributed by atoms with Crippen LogP contribution in [-0.4, -0.2) is 26.7 Å². The minimum absolute atomic E-state index is 0.196. The molecule has 0 aliphatic carbocycles. The number of aryl methyl sites for hydroxylation is 1. The normalized spacial score (nSPS) is 11.8. The number of carbonyl (C=O) groups excluding carboxylic acids is 2. The van der Waals surface area contributed by atoms with Crippen molar-refractivity contribution < 1.29 is 9.59 Å². The highest BCUT2D eigenvalue weighted by Crippen LogP contribution is 2.26. The van der Waals surface area contributed by atoms with E-state index in [0.717, 1.165) is 5.52 Å². The monoisotopic (exact) mass is 387 g/mol. The fourth-order valence-electron chi connectivity index (χ4n) is 2.39. The number of Topliss-reactive ketones (excluding diaryl/α,β-unsaturated/α-hetero) is 1. The Hall–Kier alpha value is -2.95. The molecule has 0 saturated carbocycles. The lowest BCUT2D eigenvalue weighted by atomic mass is 9.97. The molecule has 26 heavy (non-hydrogen) atoms. The highest BCUT2D eigenvalue weighted by atomic mass is 35.5. The Kier molecular flexibility index (Phi) is 4.89. The summed E-state index contributed by atoms with van der Waals surface area (Å²) in [7, 11) is 1.72. The average molecular weight is 388 g/mol. The first-order valence-corrected chi connectivity index (χ1v) is 8.15. The van der Waals surface area contributed by atoms with Crippen molar-refractivity contribution in [1.82, 2.24) is 15.0 Å². The fraction of sp³-hybridized carbons (Fsp3) is 0.118. The van der Waals surface area contributed by atoms with Gasteiger partial charge in [-0.1, -0.05) is 28.4 Å². The standard InChI is InChI=1S/C17H11Cl2N5O2/c1-24-15-5-2-9(6-14(15)22-23-24)16(25)11(8-20)17(26)21-13-4-3-10(18)7-12(13)19/h2-7,11H,1H3,(H,21,26)/t11-/m1/s1. The number of aromatic nitrogens is 3. The van der Waals surface area contributed by atoms with Crippen LogP contribution in [0.1, 0.15) is 10.4 Å². The largest absolute Gasteiger partial charge is 0.323 e. The molecule has 130 valence electrons. The molecule has 1 heterocycles. The molecule has 0 aliphatic heterocycles. The average Bonchev–Trinajstić information content (AvgIpc) is 2.98. The molecule has 0 fully saturated rings. The zero-order valence-corrected chi connectivity index (χ0v) is 14.9. The third-order valence-electron chi connectivity index (χ3n) is 3.74. The lowest BCUT2D eigenvalue weighted by molar-refractivity contribution is -0.117. The smallest absolute Gasteiger partial charge is 0.249 e. The fourth-order valence-corrected chi connectivity index (χ4v) is 2.85. The number of carbonyl (C=O) groups is 2. The molecular weight excluding hydrogens is 377 g/mol. The van der Waals surface area contributed by atoms with E-state index < -0.39 is 17.6 Å². The van der Waals surface area contributed by atoms with E-state index in [4.69, 9.17) is 23.2 Å². The van der Waals surface area contributed by atoms with E-state index in [9.17, 15) is 14.9 Å². The molecule has 1 atom stereocenters. The molecule has 1 N–H and O–H groups in total. The Labute approximate surface area is 158 Å². The molecule has 2 aromatic carbocycles. The highest BCUT2D eigenvalue weighted by Gasteiger charge is 2.28. The van der Waals surface area contributed by atoms with Gasteiger partial charge in [-0.25, -0.2) is 4.68 Å². The van der Waals surface area contributed by atoms with Crippen LogP contribution in [0, 0.1) is 17.2 Å². The maximum atomic E-state index is 12.6. The van der Waals surface area contributed by atoms with Crippen LogP contribution in [0.4, 0.5) is 5.69 Å². The van der Waals surface area contributed by atoms with E-state index >= 15 is 0 Å². The molecule has 9 heteroatoms. The van der Waals surface area contributed by atoms with Gasteiger partial charge >= 0.3 is 0 Å². The van der Waals surface area contributed by atoms with Crippen LogP contribution < -0.4 is 5.32 Å². The molecule has 0 saturated heterocycles. The summed E-state index contributed by atoms with van der Waals surface area (Å²) in [5.74, 6) is -2.94. The minimum Gasteiger partial charge on any atom is -0.323 e. The molecule has 0 radical (unpaired) electrons. The quantitative estimate of drug-likeness (QED) is 0.546. The summed E-state index contributed by atoms with van der Waals surface area (Å²) in [4.78, 5) is 25.0. The second kappa shape index (κ2) is 7.12. The lowest BCUT2D eigenvalue weighted by Gasteiger charge is -2.11. The molecule has 0 aliphatic rings. The lowest BCUT2D eigenvalue weighted by Crippen LogP contribution is -2.28. The molecule has 7 nitrogen and oxygen atoms in total. The summed E-state index contributed by atoms with van der Waals surface area (Å²) in [6.07, 6.45) is 0. The summed E-state index contributed by atoms with van der Waals surface area (Å²) in [6.45, 7) is 0. The van der Waals surface area contributed by atoms with E-state index in [0.29, 0.717) is 10.5 Å². The number of anilines is 1. The number of fused-ring (bicyclic) bond motifs is 1. The van der Waals surface area contributed by atoms with Crippen molar-refractivity contribution in [2.45, 2.75) is 0 Å². The first-order valence-electron chi connectivity index (χ1n) is 7.40. The van der Waals surface area contributed by atoms with Crippen LogP contribution in [0.25, 0.3) is 11.0 Å². The van der Waals surface area contributed by atoms with Gasteiger partial charge < -0.3 is 5.32 Å². The summed E-state index contributed by atoms with van der Waals surface area (Å²) in [5.41, 5.74) is 1.68. The Morgan fingerprint density at radius 3 is 2.69 bits per heavy atom. The van der Waals surface area contributed by atoms with Gasteiger partial charge in [0.05, 0.1) is 22.3 Å². The topological polar surface area (TPSA) is 101 Å². The number of amides is 1. The molecule has 1 amide bonds. The molecule has 0 spiro atoms. The first kappa shape index (κ1) is 17.9. The summed E-state index contributed by atoms with van der Waals surface area (Å²) in [5, 5.41) is 20.2. The van der Waals surface area contributed by atoms with Crippen molar-refractivity contribution in [3.63, 3.8) is 0 Å². The number of nitriles is 1. The number of halogens is 2. The van der Waals surface area contributed by atoms with Crippen LogP contribution >= 0.6 is 23.2 Å². The van der Waals surface area contributed by atoms with Crippen molar-refractivity contribution in [3.8, 4) is 6.07 Å². The van der Waals surface area contributed by atoms with Gasteiger partial charge in [-0.15, -0.1) is 5.10 Å². The number of rotatable bonds is 4. The highest BCUT2D eigenvalue weighted by molar-refractivity contribution is 6.36. The van der Waals surface area contributed by atoms with Crippen LogP contribution in [0.5, 0.6) is 0 Å². The van der Waals surface area contributed by atoms with Gasteiger partial charge in [-0.3, -0.25) is 9.59 Å². The van der Waals surface area contributed by atoms with E-state index in [1.54, 1.807) is 23.9 Å². The van der Waals surface area contributed by atoms with Crippen molar-refractivity contribution in [1.29, 1.82) is 5.26 Å². The zero-order valence-electron chi connectivity index (χ0n) is 13.4. The molecule has 3 aromatic rings. The Balaban J connectivity index is 1.85. The molecule has 0 unspecified atom stereocenters. The summed E-state index contributed by atoms with van der Waals surface area (Å²) in [6, 6.07) is 10.9. The minimum atomic E-state index is -1.53. The Morgan fingerprint density at radius 2 is 2.00 bits per heavy atom. The second-order valence-electron chi connectivity index (χ2n) is 5.46.